The molecule has 1 aliphatic carbocycles. The molecule has 2 aromatic heterocycles. The Morgan fingerprint density at radius 3 is 2.66 bits per heavy atom. The number of H-pyrrole nitrogens is 1. The number of nitrogens with zero attached hydrogens (tertiary/aromatic N) is 1. The van der Waals surface area contributed by atoms with Gasteiger partial charge in [0.05, 0.1) is 5.56 Å². The molecule has 6 heteroatoms. The molecule has 0 aliphatic heterocycles. The molecule has 29 heavy (non-hydrogen) atoms. The van der Waals surface area contributed by atoms with E-state index in [1.54, 1.807) is 12.3 Å². The van der Waals surface area contributed by atoms with E-state index in [-0.39, 0.29) is 11.8 Å². The van der Waals surface area contributed by atoms with E-state index in [0.717, 1.165) is 34.6 Å². The number of hydrazine groups is 1. The van der Waals surface area contributed by atoms with Crippen molar-refractivity contribution in [2.75, 3.05) is 0 Å². The summed E-state index contributed by atoms with van der Waals surface area (Å²) in [5.41, 5.74) is 10.8. The van der Waals surface area contributed by atoms with Gasteiger partial charge in [0, 0.05) is 46.3 Å². The maximum atomic E-state index is 12.6. The third kappa shape index (κ3) is 2.97. The van der Waals surface area contributed by atoms with E-state index in [1.165, 1.54) is 24.1 Å². The number of aromatic amines is 1. The molecule has 2 heterocycles. The predicted octanol–water partition coefficient (Wildman–Crippen LogP) is 3.61. The first kappa shape index (κ1) is 17.6. The largest absolute Gasteiger partial charge is 0.358 e. The van der Waals surface area contributed by atoms with E-state index >= 15 is 0 Å². The summed E-state index contributed by atoms with van der Waals surface area (Å²) in [7, 11) is 1.89. The number of carbonyl (C=O) groups excluding carboxylic acids is 2. The minimum Gasteiger partial charge on any atom is -0.358 e. The SMILES string of the molecule is Cn1cc(C(=O)NNC(=O)c2ccc3[nH]c4c(c3c2)CCCC4)c2ccccc21. The fourth-order valence-electron chi connectivity index (χ4n) is 4.32. The molecule has 3 N–H and O–H groups in total. The van der Waals surface area contributed by atoms with Crippen LogP contribution in [0.1, 0.15) is 44.8 Å². The van der Waals surface area contributed by atoms with Gasteiger partial charge < -0.3 is 9.55 Å². The normalized spacial score (nSPS) is 13.4. The van der Waals surface area contributed by atoms with Crippen molar-refractivity contribution in [3.63, 3.8) is 0 Å². The lowest BCUT2D eigenvalue weighted by atomic mass is 9.95. The number of fused-ring (bicyclic) bond motifs is 4. The maximum Gasteiger partial charge on any atom is 0.271 e. The summed E-state index contributed by atoms with van der Waals surface area (Å²) in [6.45, 7) is 0. The molecule has 0 saturated heterocycles. The number of benzene rings is 2. The van der Waals surface area contributed by atoms with Crippen molar-refractivity contribution in [2.24, 2.45) is 7.05 Å². The number of carbonyl (C=O) groups is 2. The van der Waals surface area contributed by atoms with E-state index in [2.05, 4.69) is 15.8 Å². The van der Waals surface area contributed by atoms with Gasteiger partial charge in [-0.2, -0.15) is 0 Å². The van der Waals surface area contributed by atoms with Crippen LogP contribution in [0.3, 0.4) is 0 Å². The lowest BCUT2D eigenvalue weighted by molar-refractivity contribution is 0.0847. The van der Waals surface area contributed by atoms with Crippen molar-refractivity contribution in [3.05, 3.63) is 71.0 Å². The molecule has 2 aromatic carbocycles. The highest BCUT2D eigenvalue weighted by atomic mass is 16.2. The molecule has 0 unspecified atom stereocenters. The third-order valence-corrected chi connectivity index (χ3v) is 5.79. The van der Waals surface area contributed by atoms with Crippen LogP contribution in [-0.2, 0) is 19.9 Å². The molecule has 0 saturated carbocycles. The topological polar surface area (TPSA) is 78.9 Å². The van der Waals surface area contributed by atoms with Crippen LogP contribution < -0.4 is 10.9 Å². The smallest absolute Gasteiger partial charge is 0.271 e. The van der Waals surface area contributed by atoms with Gasteiger partial charge in [-0.15, -0.1) is 0 Å². The Morgan fingerprint density at radius 2 is 1.76 bits per heavy atom. The van der Waals surface area contributed by atoms with Crippen LogP contribution >= 0.6 is 0 Å². The molecular formula is C23H22N4O2. The van der Waals surface area contributed by atoms with E-state index in [9.17, 15) is 9.59 Å². The molecular weight excluding hydrogens is 364 g/mol. The molecule has 4 aromatic rings. The molecule has 0 fully saturated rings. The Balaban J connectivity index is 1.35. The Labute approximate surface area is 167 Å². The highest BCUT2D eigenvalue weighted by molar-refractivity contribution is 6.08. The fourth-order valence-corrected chi connectivity index (χ4v) is 4.32. The number of nitrogens with one attached hydrogen (secondary N) is 3. The second-order valence-corrected chi connectivity index (χ2v) is 7.63. The zero-order valence-electron chi connectivity index (χ0n) is 16.2. The van der Waals surface area contributed by atoms with Crippen LogP contribution in [0.5, 0.6) is 0 Å². The molecule has 6 nitrogen and oxygen atoms in total. The number of hydrogen-bond donors (Lipinski definition) is 3. The third-order valence-electron chi connectivity index (χ3n) is 5.79. The molecule has 0 spiro atoms. The summed E-state index contributed by atoms with van der Waals surface area (Å²) < 4.78 is 1.90. The molecule has 0 atom stereocenters. The summed E-state index contributed by atoms with van der Waals surface area (Å²) in [6, 6.07) is 13.3. The quantitative estimate of drug-likeness (QED) is 0.460. The molecule has 1 aliphatic rings. The first-order valence-corrected chi connectivity index (χ1v) is 9.90. The highest BCUT2D eigenvalue weighted by Gasteiger charge is 2.18. The van der Waals surface area contributed by atoms with Crippen LogP contribution in [-0.4, -0.2) is 21.4 Å². The summed E-state index contributed by atoms with van der Waals surface area (Å²) in [6.07, 6.45) is 6.25. The van der Waals surface area contributed by atoms with Gasteiger partial charge >= 0.3 is 0 Å². The van der Waals surface area contributed by atoms with Gasteiger partial charge in [-0.25, -0.2) is 0 Å². The van der Waals surface area contributed by atoms with Crippen LogP contribution in [0, 0.1) is 0 Å². The number of para-hydroxylation sites is 1. The molecule has 0 radical (unpaired) electrons. The standard InChI is InChI=1S/C23H22N4O2/c1-27-13-18(16-7-3-5-9-21(16)27)23(29)26-25-22(28)14-10-11-20-17(12-14)15-6-2-4-8-19(15)24-20/h3,5,7,9-13,24H,2,4,6,8H2,1H3,(H,25,28)(H,26,29). The van der Waals surface area contributed by atoms with Gasteiger partial charge in [-0.05, 0) is 55.5 Å². The summed E-state index contributed by atoms with van der Waals surface area (Å²) >= 11 is 0. The lowest BCUT2D eigenvalue weighted by Gasteiger charge is -2.11. The molecule has 5 rings (SSSR count). The molecule has 2 amide bonds. The number of aromatic nitrogens is 2. The van der Waals surface area contributed by atoms with Gasteiger partial charge in [0.15, 0.2) is 0 Å². The summed E-state index contributed by atoms with van der Waals surface area (Å²) in [4.78, 5) is 28.7. The van der Waals surface area contributed by atoms with Crippen LogP contribution in [0.4, 0.5) is 0 Å². The van der Waals surface area contributed by atoms with Gasteiger partial charge in [0.1, 0.15) is 0 Å². The maximum absolute atomic E-state index is 12.6. The summed E-state index contributed by atoms with van der Waals surface area (Å²) in [5.74, 6) is -0.665. The van der Waals surface area contributed by atoms with Crippen LogP contribution in [0.15, 0.2) is 48.7 Å². The highest BCUT2D eigenvalue weighted by Crippen LogP contribution is 2.29. The fraction of sp³-hybridized carbons (Fsp3) is 0.217. The van der Waals surface area contributed by atoms with Gasteiger partial charge in [-0.3, -0.25) is 20.4 Å². The first-order chi connectivity index (χ1) is 14.1. The summed E-state index contributed by atoms with van der Waals surface area (Å²) in [5, 5.41) is 1.95. The van der Waals surface area contributed by atoms with Gasteiger partial charge in [0.2, 0.25) is 0 Å². The number of aryl methyl sites for hydroxylation is 3. The zero-order valence-corrected chi connectivity index (χ0v) is 16.2. The number of rotatable bonds is 2. The Morgan fingerprint density at radius 1 is 0.966 bits per heavy atom. The lowest BCUT2D eigenvalue weighted by Crippen LogP contribution is -2.41. The second kappa shape index (κ2) is 6.81. The van der Waals surface area contributed by atoms with E-state index in [4.69, 9.17) is 0 Å². The van der Waals surface area contributed by atoms with Crippen LogP contribution in [0.25, 0.3) is 21.8 Å². The molecule has 0 bridgehead atoms. The predicted molar refractivity (Wildman–Crippen MR) is 113 cm³/mol. The van der Waals surface area contributed by atoms with E-state index < -0.39 is 0 Å². The van der Waals surface area contributed by atoms with Crippen molar-refractivity contribution in [2.45, 2.75) is 25.7 Å². The van der Waals surface area contributed by atoms with Crippen molar-refractivity contribution in [1.82, 2.24) is 20.4 Å². The molecule has 146 valence electrons. The van der Waals surface area contributed by atoms with E-state index in [0.29, 0.717) is 11.1 Å². The van der Waals surface area contributed by atoms with Crippen molar-refractivity contribution < 1.29 is 9.59 Å². The van der Waals surface area contributed by atoms with Crippen molar-refractivity contribution in [1.29, 1.82) is 0 Å². The Kier molecular flexibility index (Phi) is 4.12. The van der Waals surface area contributed by atoms with Crippen molar-refractivity contribution in [3.8, 4) is 0 Å². The minimum atomic E-state index is -0.338. The van der Waals surface area contributed by atoms with Gasteiger partial charge in [0.25, 0.3) is 11.8 Å². The Hall–Kier alpha value is -3.54. The van der Waals surface area contributed by atoms with Gasteiger partial charge in [-0.1, -0.05) is 18.2 Å². The van der Waals surface area contributed by atoms with E-state index in [1.807, 2.05) is 48.0 Å². The second-order valence-electron chi connectivity index (χ2n) is 7.63. The average molecular weight is 386 g/mol. The van der Waals surface area contributed by atoms with Crippen LogP contribution in [0.2, 0.25) is 0 Å². The zero-order chi connectivity index (χ0) is 20.0. The number of amides is 2. The minimum absolute atomic E-state index is 0.328. The first-order valence-electron chi connectivity index (χ1n) is 9.90. The average Bonchev–Trinajstić information content (AvgIpc) is 3.29. The monoisotopic (exact) mass is 386 g/mol. The van der Waals surface area contributed by atoms with Crippen molar-refractivity contribution >= 4 is 33.6 Å². The Bertz CT molecular complexity index is 1260. The number of hydrogen-bond acceptors (Lipinski definition) is 2.